The molecule has 2 atom stereocenters. The Bertz CT molecular complexity index is 1250. The lowest BCUT2D eigenvalue weighted by Crippen LogP contribution is -2.46. The van der Waals surface area contributed by atoms with Gasteiger partial charge >= 0.3 is 0 Å². The van der Waals surface area contributed by atoms with Gasteiger partial charge in [0.25, 0.3) is 0 Å². The highest BCUT2D eigenvalue weighted by molar-refractivity contribution is 7.10. The van der Waals surface area contributed by atoms with E-state index in [1.165, 1.54) is 11.0 Å². The van der Waals surface area contributed by atoms with Crippen LogP contribution in [0.5, 0.6) is 0 Å². The first-order valence-electron chi connectivity index (χ1n) is 10.7. The molecule has 1 aliphatic rings. The van der Waals surface area contributed by atoms with E-state index in [9.17, 15) is 9.59 Å². The zero-order valence-corrected chi connectivity index (χ0v) is 18.8. The number of rotatable bonds is 5. The highest BCUT2D eigenvalue weighted by Gasteiger charge is 2.42. The maximum Gasteiger partial charge on any atom is 0.229 e. The van der Waals surface area contributed by atoms with Crippen LogP contribution in [0.3, 0.4) is 0 Å². The summed E-state index contributed by atoms with van der Waals surface area (Å²) in [6.45, 7) is 2.01. The Morgan fingerprint density at radius 2 is 1.94 bits per heavy atom. The van der Waals surface area contributed by atoms with Crippen molar-refractivity contribution in [3.63, 3.8) is 0 Å². The van der Waals surface area contributed by atoms with Gasteiger partial charge in [-0.25, -0.2) is 4.68 Å². The predicted molar refractivity (Wildman–Crippen MR) is 126 cm³/mol. The van der Waals surface area contributed by atoms with Crippen LogP contribution >= 0.6 is 11.3 Å². The molecule has 4 aromatic rings. The highest BCUT2D eigenvalue weighted by Crippen LogP contribution is 2.42. The number of nitrogens with one attached hydrogen (secondary N) is 1. The van der Waals surface area contributed by atoms with E-state index in [-0.39, 0.29) is 23.8 Å². The molecular formula is C24H22N6O2S. The van der Waals surface area contributed by atoms with Crippen molar-refractivity contribution in [1.82, 2.24) is 20.2 Å². The maximum atomic E-state index is 13.5. The van der Waals surface area contributed by atoms with Crippen LogP contribution in [0.4, 0.5) is 11.4 Å². The van der Waals surface area contributed by atoms with Crippen molar-refractivity contribution < 1.29 is 9.59 Å². The molecule has 0 saturated carbocycles. The first-order chi connectivity index (χ1) is 16.1. The number of carbonyl (C=O) groups is 2. The summed E-state index contributed by atoms with van der Waals surface area (Å²) < 4.78 is 1.53. The van der Waals surface area contributed by atoms with E-state index in [0.29, 0.717) is 18.5 Å². The standard InChI is InChI=1S/C24H22N6O2S/c1-16-7-9-18(10-8-16)30-22(31)12-11-20(23(30)21-6-3-13-33-21)24(32)26-17-4-2-5-19(14-17)29-15-25-27-28-29/h2-10,13-15,20,23H,11-12H2,1H3,(H,26,32)/t20-,23+/m0/s1. The molecular weight excluding hydrogens is 436 g/mol. The van der Waals surface area contributed by atoms with Gasteiger partial charge in [-0.3, -0.25) is 9.59 Å². The molecule has 1 saturated heterocycles. The van der Waals surface area contributed by atoms with Gasteiger partial charge in [0.1, 0.15) is 6.33 Å². The van der Waals surface area contributed by atoms with Crippen molar-refractivity contribution >= 4 is 34.5 Å². The number of nitrogens with zero attached hydrogens (tertiary/aromatic N) is 5. The van der Waals surface area contributed by atoms with E-state index in [1.807, 2.05) is 73.0 Å². The molecule has 9 heteroatoms. The molecule has 8 nitrogen and oxygen atoms in total. The average Bonchev–Trinajstić information content (AvgIpc) is 3.54. The quantitative estimate of drug-likeness (QED) is 0.485. The Kier molecular flexibility index (Phi) is 5.70. The summed E-state index contributed by atoms with van der Waals surface area (Å²) in [6.07, 6.45) is 2.31. The van der Waals surface area contributed by atoms with Crippen molar-refractivity contribution in [3.05, 3.63) is 82.8 Å². The molecule has 0 aliphatic carbocycles. The number of piperidine rings is 1. The Balaban J connectivity index is 1.46. The zero-order chi connectivity index (χ0) is 22.8. The third-order valence-corrected chi connectivity index (χ3v) is 6.75. The summed E-state index contributed by atoms with van der Waals surface area (Å²) in [5.74, 6) is -0.479. The van der Waals surface area contributed by atoms with Crippen LogP contribution in [0, 0.1) is 12.8 Å². The highest BCUT2D eigenvalue weighted by atomic mass is 32.1. The number of tetrazole rings is 1. The average molecular weight is 459 g/mol. The number of aromatic nitrogens is 4. The minimum absolute atomic E-state index is 0.0296. The summed E-state index contributed by atoms with van der Waals surface area (Å²) in [4.78, 5) is 29.4. The van der Waals surface area contributed by atoms with Gasteiger partial charge < -0.3 is 10.2 Å². The number of hydrogen-bond donors (Lipinski definition) is 1. The van der Waals surface area contributed by atoms with Gasteiger partial charge in [-0.15, -0.1) is 16.4 Å². The Labute approximate surface area is 194 Å². The second kappa shape index (κ2) is 8.95. The number of carbonyl (C=O) groups excluding carboxylic acids is 2. The van der Waals surface area contributed by atoms with Crippen LogP contribution in [0.2, 0.25) is 0 Å². The molecule has 0 unspecified atom stereocenters. The van der Waals surface area contributed by atoms with Crippen LogP contribution in [0.1, 0.15) is 29.3 Å². The zero-order valence-electron chi connectivity index (χ0n) is 18.0. The fourth-order valence-electron chi connectivity index (χ4n) is 4.20. The summed E-state index contributed by atoms with van der Waals surface area (Å²) in [5, 5.41) is 16.2. The van der Waals surface area contributed by atoms with E-state index in [2.05, 4.69) is 20.8 Å². The molecule has 1 fully saturated rings. The molecule has 5 rings (SSSR count). The van der Waals surface area contributed by atoms with Gasteiger partial charge in [0.15, 0.2) is 0 Å². The minimum Gasteiger partial charge on any atom is -0.326 e. The van der Waals surface area contributed by atoms with Crippen LogP contribution < -0.4 is 10.2 Å². The van der Waals surface area contributed by atoms with E-state index in [4.69, 9.17) is 0 Å². The number of aryl methyl sites for hydroxylation is 1. The van der Waals surface area contributed by atoms with E-state index < -0.39 is 0 Å². The summed E-state index contributed by atoms with van der Waals surface area (Å²) >= 11 is 1.56. The molecule has 2 aromatic heterocycles. The number of amides is 2. The van der Waals surface area contributed by atoms with Gasteiger partial charge in [0, 0.05) is 22.7 Å². The summed E-state index contributed by atoms with van der Waals surface area (Å²) in [6, 6.07) is 18.8. The number of anilines is 2. The van der Waals surface area contributed by atoms with Gasteiger partial charge in [0.2, 0.25) is 11.8 Å². The molecule has 1 aliphatic heterocycles. The largest absolute Gasteiger partial charge is 0.326 e. The number of hydrogen-bond acceptors (Lipinski definition) is 6. The smallest absolute Gasteiger partial charge is 0.229 e. The number of benzene rings is 2. The van der Waals surface area contributed by atoms with Gasteiger partial charge in [-0.1, -0.05) is 29.8 Å². The normalized spacial score (nSPS) is 18.3. The van der Waals surface area contributed by atoms with Crippen molar-refractivity contribution in [2.75, 3.05) is 10.2 Å². The van der Waals surface area contributed by atoms with E-state index in [0.717, 1.165) is 21.8 Å². The first kappa shape index (κ1) is 21.0. The van der Waals surface area contributed by atoms with Crippen molar-refractivity contribution in [2.24, 2.45) is 5.92 Å². The lowest BCUT2D eigenvalue weighted by Gasteiger charge is -2.40. The lowest BCUT2D eigenvalue weighted by atomic mass is 9.86. The SMILES string of the molecule is Cc1ccc(N2C(=O)CC[C@H](C(=O)Nc3cccc(-n4cnnn4)c3)[C@@H]2c2cccs2)cc1. The summed E-state index contributed by atoms with van der Waals surface area (Å²) in [7, 11) is 0. The molecule has 0 bridgehead atoms. The molecule has 166 valence electrons. The third-order valence-electron chi connectivity index (χ3n) is 5.81. The molecule has 1 N–H and O–H groups in total. The molecule has 2 amide bonds. The van der Waals surface area contributed by atoms with Crippen LogP contribution in [0.15, 0.2) is 72.4 Å². The molecule has 33 heavy (non-hydrogen) atoms. The van der Waals surface area contributed by atoms with Gasteiger partial charge in [-0.2, -0.15) is 0 Å². The van der Waals surface area contributed by atoms with Crippen LogP contribution in [0.25, 0.3) is 5.69 Å². The topological polar surface area (TPSA) is 93.0 Å². The lowest BCUT2D eigenvalue weighted by molar-refractivity contribution is -0.125. The van der Waals surface area contributed by atoms with Crippen LogP contribution in [-0.4, -0.2) is 32.0 Å². The Morgan fingerprint density at radius 3 is 2.67 bits per heavy atom. The first-order valence-corrected chi connectivity index (χ1v) is 11.5. The second-order valence-corrected chi connectivity index (χ2v) is 8.98. The fourth-order valence-corrected chi connectivity index (χ4v) is 5.08. The van der Waals surface area contributed by atoms with Crippen LogP contribution in [-0.2, 0) is 9.59 Å². The molecule has 3 heterocycles. The Morgan fingerprint density at radius 1 is 1.09 bits per heavy atom. The third kappa shape index (κ3) is 4.27. The molecule has 0 radical (unpaired) electrons. The van der Waals surface area contributed by atoms with Crippen molar-refractivity contribution in [1.29, 1.82) is 0 Å². The van der Waals surface area contributed by atoms with E-state index >= 15 is 0 Å². The minimum atomic E-state index is -0.389. The molecule has 2 aromatic carbocycles. The van der Waals surface area contributed by atoms with Crippen molar-refractivity contribution in [3.8, 4) is 5.69 Å². The van der Waals surface area contributed by atoms with Gasteiger partial charge in [0.05, 0.1) is 17.6 Å². The predicted octanol–water partition coefficient (Wildman–Crippen LogP) is 4.16. The maximum absolute atomic E-state index is 13.5. The van der Waals surface area contributed by atoms with Crippen molar-refractivity contribution in [2.45, 2.75) is 25.8 Å². The Hall–Kier alpha value is -3.85. The fraction of sp³-hybridized carbons (Fsp3) is 0.208. The number of thiophene rings is 1. The monoisotopic (exact) mass is 458 g/mol. The molecule has 0 spiro atoms. The summed E-state index contributed by atoms with van der Waals surface area (Å²) in [5.41, 5.74) is 3.32. The van der Waals surface area contributed by atoms with Gasteiger partial charge in [-0.05, 0) is 65.5 Å². The van der Waals surface area contributed by atoms with E-state index in [1.54, 1.807) is 16.2 Å². The second-order valence-electron chi connectivity index (χ2n) is 8.00.